The lowest BCUT2D eigenvalue weighted by atomic mass is 9.41. The van der Waals surface area contributed by atoms with Crippen molar-refractivity contribution in [2.45, 2.75) is 205 Å². The van der Waals surface area contributed by atoms with Crippen LogP contribution >= 0.6 is 0 Å². The fraction of sp³-hybridized carbons (Fsp3) is 0.935. The van der Waals surface area contributed by atoms with Crippen LogP contribution in [0, 0.1) is 51.8 Å². The van der Waals surface area contributed by atoms with E-state index >= 15 is 0 Å². The van der Waals surface area contributed by atoms with Crippen LogP contribution < -0.4 is 11.1 Å². The third-order valence-electron chi connectivity index (χ3n) is 18.4. The molecule has 0 aromatic heterocycles. The van der Waals surface area contributed by atoms with Gasteiger partial charge in [0.1, 0.15) is 24.0 Å². The molecule has 0 aromatic carbocycles. The number of fused-ring (bicyclic) bond motifs is 2. The summed E-state index contributed by atoms with van der Waals surface area (Å²) in [6.07, 6.45) is 17.6. The molecule has 0 amide bonds. The first-order valence-electron chi connectivity index (χ1n) is 22.8. The molecular formula is C46H77N2O6+. The van der Waals surface area contributed by atoms with Gasteiger partial charge in [0.25, 0.3) is 0 Å². The van der Waals surface area contributed by atoms with Crippen LogP contribution in [0.4, 0.5) is 0 Å². The fourth-order valence-electron chi connectivity index (χ4n) is 14.9. The Labute approximate surface area is 326 Å². The first-order valence-corrected chi connectivity index (χ1v) is 22.8. The van der Waals surface area contributed by atoms with E-state index in [4.69, 9.17) is 15.2 Å². The standard InChI is InChI=1S/C46H76N2O6/c1-7-8-9-10-18-44-21-14-31(49)26-34(44)38(50)32-12-11-30-25-35(42(5)20-15-33(44)37(32)46(30,42)52)45(27-28(2)17-23-53-45)40-39(54-40)43(6,51)41(3,4)19-13-29-16-22-48-36(47)24-29/h28-31,33-36,39-40,48-49,51-52H,7-27,47H2,1-6H3/p+1. The SMILES string of the molecule is CCCCCCC12CCC(O)CC1C(=O)C1=C3C2CCC2(C)C(C4(C5OC5C(C)(O)C(C)(C)CCC5CC[NH2+]C(N)C5)CC(C)CCO4)CC(CC1)C32O. The van der Waals surface area contributed by atoms with Crippen molar-refractivity contribution in [3.8, 4) is 0 Å². The van der Waals surface area contributed by atoms with Crippen molar-refractivity contribution >= 4 is 5.78 Å². The number of hydrogen-bond donors (Lipinski definition) is 5. The van der Waals surface area contributed by atoms with Crippen molar-refractivity contribution in [2.24, 2.45) is 57.5 Å². The summed E-state index contributed by atoms with van der Waals surface area (Å²) in [6.45, 7) is 15.2. The maximum Gasteiger partial charge on any atom is 0.162 e. The quantitative estimate of drug-likeness (QED) is 0.116. The van der Waals surface area contributed by atoms with Crippen molar-refractivity contribution in [1.82, 2.24) is 0 Å². The Morgan fingerprint density at radius 2 is 1.80 bits per heavy atom. The Morgan fingerprint density at radius 1 is 1.00 bits per heavy atom. The van der Waals surface area contributed by atoms with Crippen molar-refractivity contribution in [3.63, 3.8) is 0 Å². The number of nitrogens with two attached hydrogens (primary N) is 2. The largest absolute Gasteiger partial charge is 0.393 e. The predicted octanol–water partition coefficient (Wildman–Crippen LogP) is 6.33. The molecule has 3 saturated carbocycles. The van der Waals surface area contributed by atoms with Crippen molar-refractivity contribution in [3.05, 3.63) is 11.1 Å². The van der Waals surface area contributed by atoms with Gasteiger partial charge in [-0.1, -0.05) is 60.3 Å². The molecule has 5 aliphatic carbocycles. The summed E-state index contributed by atoms with van der Waals surface area (Å²) in [5, 5.41) is 39.5. The predicted molar refractivity (Wildman–Crippen MR) is 210 cm³/mol. The van der Waals surface area contributed by atoms with E-state index in [2.05, 4.69) is 39.9 Å². The molecule has 0 aromatic rings. The molecule has 0 bridgehead atoms. The Kier molecular flexibility index (Phi) is 10.5. The second kappa shape index (κ2) is 14.2. The number of quaternary nitrogens is 1. The van der Waals surface area contributed by atoms with E-state index in [1.807, 2.05) is 6.92 Å². The molecule has 3 saturated heterocycles. The highest BCUT2D eigenvalue weighted by Crippen LogP contribution is 2.75. The van der Waals surface area contributed by atoms with Gasteiger partial charge in [0, 0.05) is 24.4 Å². The summed E-state index contributed by atoms with van der Waals surface area (Å²) in [4.78, 5) is 14.8. The van der Waals surface area contributed by atoms with Crippen LogP contribution in [0.3, 0.4) is 0 Å². The first-order chi connectivity index (χ1) is 25.6. The number of epoxide rings is 1. The maximum atomic E-state index is 14.8. The summed E-state index contributed by atoms with van der Waals surface area (Å²) < 4.78 is 14.0. The van der Waals surface area contributed by atoms with Gasteiger partial charge in [-0.2, -0.15) is 0 Å². The van der Waals surface area contributed by atoms with Crippen LogP contribution in [0.1, 0.15) is 164 Å². The Balaban J connectivity index is 1.12. The zero-order valence-electron chi connectivity index (χ0n) is 34.8. The molecule has 8 nitrogen and oxygen atoms in total. The summed E-state index contributed by atoms with van der Waals surface area (Å²) in [6, 6.07) is 0. The number of ketones is 1. The number of aliphatic hydroxyl groups excluding tert-OH is 1. The Bertz CT molecular complexity index is 1460. The number of carbonyl (C=O) groups excluding carboxylic acids is 1. The molecule has 15 atom stereocenters. The minimum atomic E-state index is -1.05. The highest BCUT2D eigenvalue weighted by Gasteiger charge is 2.78. The van der Waals surface area contributed by atoms with Gasteiger partial charge in [-0.15, -0.1) is 0 Å². The topological polar surface area (TPSA) is 142 Å². The molecule has 15 unspecified atom stereocenters. The van der Waals surface area contributed by atoms with Crippen LogP contribution in [0.2, 0.25) is 0 Å². The third-order valence-corrected chi connectivity index (χ3v) is 18.4. The molecule has 0 spiro atoms. The highest BCUT2D eigenvalue weighted by atomic mass is 16.6. The summed E-state index contributed by atoms with van der Waals surface area (Å²) in [5.41, 5.74) is 4.68. The number of rotatable bonds is 12. The zero-order valence-corrected chi connectivity index (χ0v) is 34.8. The number of unbranched alkanes of at least 4 members (excludes halogenated alkanes) is 3. The minimum Gasteiger partial charge on any atom is -0.393 e. The average Bonchev–Trinajstić information content (AvgIpc) is 3.91. The average molecular weight is 754 g/mol. The van der Waals surface area contributed by atoms with Crippen LogP contribution in [0.15, 0.2) is 11.1 Å². The van der Waals surface area contributed by atoms with Crippen molar-refractivity contribution in [1.29, 1.82) is 0 Å². The van der Waals surface area contributed by atoms with Gasteiger partial charge < -0.3 is 30.1 Å². The number of hydrogen-bond acceptors (Lipinski definition) is 7. The normalized spacial score (nSPS) is 48.6. The highest BCUT2D eigenvalue weighted by molar-refractivity contribution is 6.00. The van der Waals surface area contributed by atoms with E-state index in [-0.39, 0.29) is 58.7 Å². The van der Waals surface area contributed by atoms with E-state index in [9.17, 15) is 20.1 Å². The van der Waals surface area contributed by atoms with Gasteiger partial charge in [-0.05, 0) is 148 Å². The molecular weight excluding hydrogens is 677 g/mol. The van der Waals surface area contributed by atoms with E-state index in [1.54, 1.807) is 0 Å². The Morgan fingerprint density at radius 3 is 2.54 bits per heavy atom. The molecule has 8 heteroatoms. The third kappa shape index (κ3) is 5.94. The van der Waals surface area contributed by atoms with Gasteiger partial charge in [0.05, 0.1) is 23.9 Å². The van der Waals surface area contributed by atoms with E-state index in [1.165, 1.54) is 25.7 Å². The van der Waals surface area contributed by atoms with Crippen molar-refractivity contribution < 1.29 is 34.9 Å². The molecule has 54 heavy (non-hydrogen) atoms. The first kappa shape index (κ1) is 39.9. The van der Waals surface area contributed by atoms with E-state index in [0.29, 0.717) is 24.9 Å². The number of aliphatic hydroxyl groups is 3. The lowest BCUT2D eigenvalue weighted by molar-refractivity contribution is -0.699. The summed E-state index contributed by atoms with van der Waals surface area (Å²) in [5.74, 6) is 1.53. The molecule has 306 valence electrons. The molecule has 6 fully saturated rings. The molecule has 8 aliphatic rings. The van der Waals surface area contributed by atoms with Gasteiger partial charge in [-0.25, -0.2) is 0 Å². The number of carbonyl (C=O) groups is 1. The lowest BCUT2D eigenvalue weighted by Crippen LogP contribution is -2.94. The molecule has 0 radical (unpaired) electrons. The molecule has 3 heterocycles. The molecule has 3 aliphatic heterocycles. The molecule has 8 rings (SSSR count). The molecule has 7 N–H and O–H groups in total. The lowest BCUT2D eigenvalue weighted by Gasteiger charge is -2.64. The maximum absolute atomic E-state index is 14.8. The van der Waals surface area contributed by atoms with Crippen LogP contribution in [-0.4, -0.2) is 75.5 Å². The number of ether oxygens (including phenoxy) is 2. The van der Waals surface area contributed by atoms with Crippen molar-refractivity contribution in [2.75, 3.05) is 13.2 Å². The second-order valence-corrected chi connectivity index (χ2v) is 21.6. The van der Waals surface area contributed by atoms with E-state index in [0.717, 1.165) is 108 Å². The van der Waals surface area contributed by atoms with Gasteiger partial charge in [0.15, 0.2) is 5.78 Å². The summed E-state index contributed by atoms with van der Waals surface area (Å²) in [7, 11) is 0. The number of piperidine rings is 1. The van der Waals surface area contributed by atoms with Gasteiger partial charge in [-0.3, -0.25) is 10.5 Å². The minimum absolute atomic E-state index is 0.0611. The zero-order chi connectivity index (χ0) is 38.5. The monoisotopic (exact) mass is 754 g/mol. The van der Waals surface area contributed by atoms with Crippen LogP contribution in [0.25, 0.3) is 0 Å². The van der Waals surface area contributed by atoms with Gasteiger partial charge >= 0.3 is 0 Å². The number of allylic oxidation sites excluding steroid dienone is 1. The fourth-order valence-corrected chi connectivity index (χ4v) is 14.9. The smallest absolute Gasteiger partial charge is 0.162 e. The van der Waals surface area contributed by atoms with Gasteiger partial charge in [0.2, 0.25) is 0 Å². The number of Topliss-reactive ketones (excluding diaryl/α,β-unsaturated/α-hetero) is 1. The van der Waals surface area contributed by atoms with Crippen LogP contribution in [0.5, 0.6) is 0 Å². The van der Waals surface area contributed by atoms with E-state index < -0.39 is 28.3 Å². The van der Waals surface area contributed by atoms with Crippen LogP contribution in [-0.2, 0) is 14.3 Å². The Hall–Kier alpha value is -0.870. The summed E-state index contributed by atoms with van der Waals surface area (Å²) >= 11 is 0. The second-order valence-electron chi connectivity index (χ2n) is 21.6.